The van der Waals surface area contributed by atoms with Gasteiger partial charge in [0, 0.05) is 24.3 Å². The largest absolute Gasteiger partial charge is 0.501 e. The predicted molar refractivity (Wildman–Crippen MR) is 164 cm³/mol. The van der Waals surface area contributed by atoms with E-state index >= 15 is 0 Å². The maximum absolute atomic E-state index is 5.74. The van der Waals surface area contributed by atoms with E-state index < -0.39 is 0 Å². The Bertz CT molecular complexity index is 1700. The zero-order chi connectivity index (χ0) is 30.1. The van der Waals surface area contributed by atoms with Crippen LogP contribution >= 0.6 is 0 Å². The van der Waals surface area contributed by atoms with E-state index in [1.807, 2.05) is 48.5 Å². The average molecular weight is 599 g/mol. The zero-order valence-corrected chi connectivity index (χ0v) is 24.7. The molecule has 0 fully saturated rings. The lowest BCUT2D eigenvalue weighted by Gasteiger charge is -2.10. The van der Waals surface area contributed by atoms with Crippen molar-refractivity contribution >= 4 is 17.1 Å². The first-order chi connectivity index (χ1) is 21.7. The molecule has 1 aromatic carbocycles. The number of ether oxygens (including phenoxy) is 6. The van der Waals surface area contributed by atoms with Crippen molar-refractivity contribution in [1.82, 2.24) is 29.9 Å². The monoisotopic (exact) mass is 598 g/mol. The third kappa shape index (κ3) is 7.16. The Hall–Kier alpha value is -4.94. The molecule has 0 saturated heterocycles. The number of hydrogen-bond acceptors (Lipinski definition) is 10. The lowest BCUT2D eigenvalue weighted by atomic mass is 10.1. The number of imidazole rings is 2. The molecule has 12 heteroatoms. The molecular formula is C32H34N6O6. The maximum Gasteiger partial charge on any atom is 0.157 e. The van der Waals surface area contributed by atoms with E-state index in [9.17, 15) is 0 Å². The number of methoxy groups -OCH3 is 2. The van der Waals surface area contributed by atoms with Crippen molar-refractivity contribution < 1.29 is 28.4 Å². The standard InChI is InChI=1S/C32H34N6O6/c1-39-21-3-7-25-29(17-21)37-31(35-25)27-9-5-23(19-33-27)43-15-13-41-11-12-42-14-16-44-24-6-10-28(34-20-24)32-36-26-8-4-22(40-2)18-30(26)38-32/h3,5-7,9-10,17-20H,4,8,11-16H2,1-2H3,(H,35,37)(H,36,38). The smallest absolute Gasteiger partial charge is 0.157 e. The number of allylic oxidation sites excluding steroid dienone is 1. The summed E-state index contributed by atoms with van der Waals surface area (Å²) in [6.45, 7) is 2.62. The van der Waals surface area contributed by atoms with E-state index in [1.54, 1.807) is 26.6 Å². The van der Waals surface area contributed by atoms with E-state index in [0.29, 0.717) is 57.0 Å². The van der Waals surface area contributed by atoms with Crippen molar-refractivity contribution in [3.05, 3.63) is 72.0 Å². The Morgan fingerprint density at radius 2 is 1.30 bits per heavy atom. The fourth-order valence-electron chi connectivity index (χ4n) is 4.70. The summed E-state index contributed by atoms with van der Waals surface area (Å²) in [4.78, 5) is 24.8. The molecule has 0 atom stereocenters. The number of aromatic amines is 2. The number of fused-ring (bicyclic) bond motifs is 2. The first-order valence-electron chi connectivity index (χ1n) is 14.4. The first-order valence-corrected chi connectivity index (χ1v) is 14.4. The fourth-order valence-corrected chi connectivity index (χ4v) is 4.70. The van der Waals surface area contributed by atoms with Crippen molar-refractivity contribution in [2.75, 3.05) is 53.9 Å². The SMILES string of the molecule is COC1=Cc2nc(-c3ccc(OCCOCCOCCOc4ccc(-c5nc6ccc(OC)cc6[nH]5)nc4)cn3)[nH]c2CC1. The molecule has 44 heavy (non-hydrogen) atoms. The Morgan fingerprint density at radius 3 is 1.91 bits per heavy atom. The Labute approximate surface area is 254 Å². The van der Waals surface area contributed by atoms with E-state index in [4.69, 9.17) is 28.4 Å². The summed E-state index contributed by atoms with van der Waals surface area (Å²) < 4.78 is 33.3. The minimum absolute atomic E-state index is 0.406. The quantitative estimate of drug-likeness (QED) is 0.161. The minimum atomic E-state index is 0.406. The van der Waals surface area contributed by atoms with Crippen LogP contribution in [0.4, 0.5) is 0 Å². The van der Waals surface area contributed by atoms with Crippen LogP contribution in [0.2, 0.25) is 0 Å². The molecule has 6 rings (SSSR count). The van der Waals surface area contributed by atoms with Gasteiger partial charge in [0.2, 0.25) is 0 Å². The van der Waals surface area contributed by atoms with Gasteiger partial charge in [-0.3, -0.25) is 0 Å². The lowest BCUT2D eigenvalue weighted by Crippen LogP contribution is -2.13. The van der Waals surface area contributed by atoms with Gasteiger partial charge in [-0.2, -0.15) is 0 Å². The molecule has 12 nitrogen and oxygen atoms in total. The van der Waals surface area contributed by atoms with E-state index in [-0.39, 0.29) is 0 Å². The van der Waals surface area contributed by atoms with Crippen molar-refractivity contribution in [3.8, 4) is 40.3 Å². The molecule has 0 spiro atoms. The van der Waals surface area contributed by atoms with Gasteiger partial charge in [0.1, 0.15) is 41.9 Å². The molecule has 1 aliphatic carbocycles. The molecular weight excluding hydrogens is 564 g/mol. The van der Waals surface area contributed by atoms with Gasteiger partial charge < -0.3 is 38.4 Å². The van der Waals surface area contributed by atoms with Crippen LogP contribution in [0.25, 0.3) is 40.1 Å². The van der Waals surface area contributed by atoms with Gasteiger partial charge in [0.15, 0.2) is 11.6 Å². The summed E-state index contributed by atoms with van der Waals surface area (Å²) in [5.41, 5.74) is 5.23. The highest BCUT2D eigenvalue weighted by molar-refractivity contribution is 5.80. The van der Waals surface area contributed by atoms with Gasteiger partial charge >= 0.3 is 0 Å². The molecule has 0 bridgehead atoms. The lowest BCUT2D eigenvalue weighted by molar-refractivity contribution is 0.0273. The number of nitrogens with one attached hydrogen (secondary N) is 2. The average Bonchev–Trinajstić information content (AvgIpc) is 3.70. The number of hydrogen-bond donors (Lipinski definition) is 2. The molecule has 4 heterocycles. The van der Waals surface area contributed by atoms with Crippen LogP contribution in [0.5, 0.6) is 17.2 Å². The number of aromatic nitrogens is 6. The summed E-state index contributed by atoms with van der Waals surface area (Å²) in [7, 11) is 3.32. The number of H-pyrrole nitrogens is 2. The Balaban J connectivity index is 0.831. The molecule has 4 aromatic heterocycles. The number of aryl methyl sites for hydroxylation is 1. The van der Waals surface area contributed by atoms with Crippen molar-refractivity contribution in [3.63, 3.8) is 0 Å². The van der Waals surface area contributed by atoms with Gasteiger partial charge in [0.25, 0.3) is 0 Å². The predicted octanol–water partition coefficient (Wildman–Crippen LogP) is 4.84. The highest BCUT2D eigenvalue weighted by atomic mass is 16.6. The summed E-state index contributed by atoms with van der Waals surface area (Å²) in [6, 6.07) is 13.2. The summed E-state index contributed by atoms with van der Waals surface area (Å²) in [6.07, 6.45) is 7.07. The molecule has 1 aliphatic rings. The van der Waals surface area contributed by atoms with Crippen LogP contribution in [0.3, 0.4) is 0 Å². The molecule has 0 saturated carbocycles. The molecule has 0 unspecified atom stereocenters. The van der Waals surface area contributed by atoms with E-state index in [1.165, 1.54) is 0 Å². The normalized spacial score (nSPS) is 12.5. The first kappa shape index (κ1) is 29.1. The number of nitrogens with zero attached hydrogens (tertiary/aromatic N) is 4. The van der Waals surface area contributed by atoms with Crippen LogP contribution in [-0.2, 0) is 20.6 Å². The maximum atomic E-state index is 5.74. The fraction of sp³-hybridized carbons (Fsp3) is 0.312. The molecule has 5 aromatic rings. The van der Waals surface area contributed by atoms with Gasteiger partial charge in [-0.25, -0.2) is 19.9 Å². The Morgan fingerprint density at radius 1 is 0.659 bits per heavy atom. The highest BCUT2D eigenvalue weighted by Gasteiger charge is 2.17. The number of benzene rings is 1. The summed E-state index contributed by atoms with van der Waals surface area (Å²) in [5.74, 6) is 4.46. The van der Waals surface area contributed by atoms with Crippen LogP contribution in [-0.4, -0.2) is 83.8 Å². The van der Waals surface area contributed by atoms with Gasteiger partial charge in [-0.1, -0.05) is 0 Å². The zero-order valence-electron chi connectivity index (χ0n) is 24.7. The van der Waals surface area contributed by atoms with Crippen molar-refractivity contribution in [1.29, 1.82) is 0 Å². The number of pyridine rings is 2. The second-order valence-electron chi connectivity index (χ2n) is 9.91. The van der Waals surface area contributed by atoms with Crippen LogP contribution in [0, 0.1) is 0 Å². The summed E-state index contributed by atoms with van der Waals surface area (Å²) >= 11 is 0. The topological polar surface area (TPSA) is 139 Å². The highest BCUT2D eigenvalue weighted by Crippen LogP contribution is 2.26. The number of rotatable bonds is 15. The van der Waals surface area contributed by atoms with Gasteiger partial charge in [-0.15, -0.1) is 0 Å². The molecule has 0 radical (unpaired) electrons. The van der Waals surface area contributed by atoms with Crippen molar-refractivity contribution in [2.45, 2.75) is 12.8 Å². The molecule has 228 valence electrons. The van der Waals surface area contributed by atoms with Crippen molar-refractivity contribution in [2.24, 2.45) is 0 Å². The minimum Gasteiger partial charge on any atom is -0.501 e. The van der Waals surface area contributed by atoms with Crippen LogP contribution in [0.1, 0.15) is 17.8 Å². The van der Waals surface area contributed by atoms with E-state index in [0.717, 1.165) is 64.0 Å². The van der Waals surface area contributed by atoms with Gasteiger partial charge in [0.05, 0.1) is 75.5 Å². The summed E-state index contributed by atoms with van der Waals surface area (Å²) in [5, 5.41) is 0. The molecule has 0 amide bonds. The second-order valence-corrected chi connectivity index (χ2v) is 9.91. The van der Waals surface area contributed by atoms with E-state index in [2.05, 4.69) is 29.9 Å². The molecule has 2 N–H and O–H groups in total. The van der Waals surface area contributed by atoms with Crippen LogP contribution < -0.4 is 14.2 Å². The molecule has 0 aliphatic heterocycles. The third-order valence-corrected chi connectivity index (χ3v) is 7.00. The second kappa shape index (κ2) is 14.0. The third-order valence-electron chi connectivity index (χ3n) is 7.00. The van der Waals surface area contributed by atoms with Gasteiger partial charge in [-0.05, 0) is 42.8 Å². The Kier molecular flexibility index (Phi) is 9.29. The van der Waals surface area contributed by atoms with Crippen LogP contribution in [0.15, 0.2) is 60.6 Å².